The second kappa shape index (κ2) is 2.71. The topological polar surface area (TPSA) is 30.2 Å². The fourth-order valence-electron chi connectivity index (χ4n) is 0.858. The van der Waals surface area contributed by atoms with Crippen LogP contribution in [-0.2, 0) is 0 Å². The molecule has 0 aliphatic heterocycles. The zero-order valence-corrected chi connectivity index (χ0v) is 9.07. The van der Waals surface area contributed by atoms with E-state index in [0.717, 1.165) is 14.0 Å². The number of imidazole rings is 1. The van der Waals surface area contributed by atoms with Gasteiger partial charge in [-0.05, 0) is 38.5 Å². The molecule has 0 spiro atoms. The average molecular weight is 324 g/mol. The van der Waals surface area contributed by atoms with Crippen LogP contribution in [0.3, 0.4) is 0 Å². The van der Waals surface area contributed by atoms with Crippen LogP contribution in [0.4, 0.5) is 0 Å². The van der Waals surface area contributed by atoms with E-state index in [1.165, 1.54) is 0 Å². The minimum Gasteiger partial charge on any atom is -0.302 e. The van der Waals surface area contributed by atoms with Crippen LogP contribution < -0.4 is 0 Å². The van der Waals surface area contributed by atoms with E-state index in [0.29, 0.717) is 0 Å². The summed E-state index contributed by atoms with van der Waals surface area (Å²) in [5.74, 6) is 0. The molecule has 11 heavy (non-hydrogen) atoms. The zero-order chi connectivity index (χ0) is 7.84. The maximum absolute atomic E-state index is 4.25. The second-order valence-electron chi connectivity index (χ2n) is 2.01. The highest BCUT2D eigenvalue weighted by atomic mass is 127. The van der Waals surface area contributed by atoms with E-state index in [2.05, 4.69) is 48.5 Å². The van der Waals surface area contributed by atoms with Gasteiger partial charge in [0.2, 0.25) is 0 Å². The summed E-state index contributed by atoms with van der Waals surface area (Å²) in [5, 5.41) is 0. The molecule has 2 aromatic rings. The SMILES string of the molecule is Brc1nccn2cc(I)nc12. The Balaban J connectivity index is 2.90. The maximum Gasteiger partial charge on any atom is 0.171 e. The van der Waals surface area contributed by atoms with Crippen molar-refractivity contribution in [1.82, 2.24) is 14.4 Å². The van der Waals surface area contributed by atoms with Gasteiger partial charge in [-0.1, -0.05) is 0 Å². The van der Waals surface area contributed by atoms with Crippen molar-refractivity contribution in [2.24, 2.45) is 0 Å². The maximum atomic E-state index is 4.25. The Kier molecular flexibility index (Phi) is 1.84. The van der Waals surface area contributed by atoms with E-state index >= 15 is 0 Å². The van der Waals surface area contributed by atoms with Gasteiger partial charge in [-0.25, -0.2) is 9.97 Å². The van der Waals surface area contributed by atoms with Crippen LogP contribution >= 0.6 is 38.5 Å². The average Bonchev–Trinajstić information content (AvgIpc) is 2.31. The number of nitrogens with zero attached hydrogens (tertiary/aromatic N) is 3. The second-order valence-corrected chi connectivity index (χ2v) is 3.87. The van der Waals surface area contributed by atoms with E-state index in [9.17, 15) is 0 Å². The molecule has 0 aliphatic rings. The lowest BCUT2D eigenvalue weighted by Crippen LogP contribution is -1.85. The molecule has 0 aromatic carbocycles. The Morgan fingerprint density at radius 3 is 3.09 bits per heavy atom. The van der Waals surface area contributed by atoms with Crippen molar-refractivity contribution in [2.75, 3.05) is 0 Å². The third-order valence-electron chi connectivity index (χ3n) is 1.30. The molecule has 0 unspecified atom stereocenters. The molecule has 0 radical (unpaired) electrons. The monoisotopic (exact) mass is 323 g/mol. The highest BCUT2D eigenvalue weighted by molar-refractivity contribution is 14.1. The molecule has 2 aromatic heterocycles. The molecular weight excluding hydrogens is 321 g/mol. The number of aromatic nitrogens is 3. The fourth-order valence-corrected chi connectivity index (χ4v) is 1.80. The molecule has 0 N–H and O–H groups in total. The Hall–Kier alpha value is -0.170. The van der Waals surface area contributed by atoms with E-state index in [-0.39, 0.29) is 0 Å². The highest BCUT2D eigenvalue weighted by Gasteiger charge is 2.01. The minimum atomic E-state index is 0.780. The minimum absolute atomic E-state index is 0.780. The first-order valence-corrected chi connectivity index (χ1v) is 4.79. The van der Waals surface area contributed by atoms with E-state index in [1.54, 1.807) is 6.20 Å². The Morgan fingerprint density at radius 2 is 2.36 bits per heavy atom. The van der Waals surface area contributed by atoms with Crippen molar-refractivity contribution >= 4 is 44.2 Å². The van der Waals surface area contributed by atoms with Gasteiger partial charge in [-0.2, -0.15) is 0 Å². The van der Waals surface area contributed by atoms with E-state index in [1.807, 2.05) is 16.8 Å². The van der Waals surface area contributed by atoms with E-state index in [4.69, 9.17) is 0 Å². The first-order valence-electron chi connectivity index (χ1n) is 2.92. The molecule has 56 valence electrons. The molecule has 0 saturated carbocycles. The molecule has 0 bridgehead atoms. The quantitative estimate of drug-likeness (QED) is 0.695. The summed E-state index contributed by atoms with van der Waals surface area (Å²) >= 11 is 5.48. The molecule has 2 rings (SSSR count). The standard InChI is InChI=1S/C6H3BrIN3/c7-5-6-10-4(8)3-11(6)2-1-9-5/h1-3H. The van der Waals surface area contributed by atoms with Crippen molar-refractivity contribution in [3.63, 3.8) is 0 Å². The van der Waals surface area contributed by atoms with E-state index < -0.39 is 0 Å². The van der Waals surface area contributed by atoms with Crippen LogP contribution in [0.5, 0.6) is 0 Å². The van der Waals surface area contributed by atoms with Gasteiger partial charge in [0, 0.05) is 18.6 Å². The lowest BCUT2D eigenvalue weighted by atomic mass is 10.7. The van der Waals surface area contributed by atoms with Crippen molar-refractivity contribution in [1.29, 1.82) is 0 Å². The normalized spacial score (nSPS) is 10.7. The van der Waals surface area contributed by atoms with Gasteiger partial charge in [-0.3, -0.25) is 0 Å². The predicted molar refractivity (Wildman–Crippen MR) is 53.4 cm³/mol. The van der Waals surface area contributed by atoms with Crippen molar-refractivity contribution < 1.29 is 0 Å². The lowest BCUT2D eigenvalue weighted by molar-refractivity contribution is 1.11. The molecule has 3 nitrogen and oxygen atoms in total. The molecule has 0 fully saturated rings. The molecule has 2 heterocycles. The highest BCUT2D eigenvalue weighted by Crippen LogP contribution is 2.14. The van der Waals surface area contributed by atoms with Gasteiger partial charge < -0.3 is 4.40 Å². The summed E-state index contributed by atoms with van der Waals surface area (Å²) in [4.78, 5) is 8.30. The first kappa shape index (κ1) is 7.48. The molecule has 0 atom stereocenters. The van der Waals surface area contributed by atoms with Crippen LogP contribution in [0.1, 0.15) is 0 Å². The van der Waals surface area contributed by atoms with Gasteiger partial charge in [0.1, 0.15) is 8.30 Å². The molecule has 0 amide bonds. The van der Waals surface area contributed by atoms with Crippen molar-refractivity contribution in [3.8, 4) is 0 Å². The summed E-state index contributed by atoms with van der Waals surface area (Å²) in [6, 6.07) is 0. The van der Waals surface area contributed by atoms with Gasteiger partial charge in [-0.15, -0.1) is 0 Å². The summed E-state index contributed by atoms with van der Waals surface area (Å²) in [7, 11) is 0. The predicted octanol–water partition coefficient (Wildman–Crippen LogP) is 2.10. The third kappa shape index (κ3) is 1.26. The lowest BCUT2D eigenvalue weighted by Gasteiger charge is -1.91. The van der Waals surface area contributed by atoms with Gasteiger partial charge in [0.05, 0.1) is 0 Å². The Morgan fingerprint density at radius 1 is 1.55 bits per heavy atom. The van der Waals surface area contributed by atoms with Crippen LogP contribution in [0.2, 0.25) is 0 Å². The summed E-state index contributed by atoms with van der Waals surface area (Å²) < 4.78 is 3.68. The molecular formula is C6H3BrIN3. The summed E-state index contributed by atoms with van der Waals surface area (Å²) in [6.07, 6.45) is 5.55. The van der Waals surface area contributed by atoms with Gasteiger partial charge >= 0.3 is 0 Å². The van der Waals surface area contributed by atoms with Gasteiger partial charge in [0.25, 0.3) is 0 Å². The van der Waals surface area contributed by atoms with Crippen LogP contribution in [0, 0.1) is 3.70 Å². The summed E-state index contributed by atoms with van der Waals surface area (Å²) in [5.41, 5.74) is 0.858. The zero-order valence-electron chi connectivity index (χ0n) is 5.33. The fraction of sp³-hybridized carbons (Fsp3) is 0. The largest absolute Gasteiger partial charge is 0.302 e. The third-order valence-corrected chi connectivity index (χ3v) is 2.38. The molecule has 5 heteroatoms. The number of hydrogen-bond acceptors (Lipinski definition) is 2. The van der Waals surface area contributed by atoms with Crippen molar-refractivity contribution in [3.05, 3.63) is 26.9 Å². The smallest absolute Gasteiger partial charge is 0.171 e. The van der Waals surface area contributed by atoms with Crippen LogP contribution in [-0.4, -0.2) is 14.4 Å². The molecule has 0 saturated heterocycles. The van der Waals surface area contributed by atoms with Crippen LogP contribution in [0.15, 0.2) is 23.2 Å². The Labute approximate surface area is 85.1 Å². The van der Waals surface area contributed by atoms with Crippen LogP contribution in [0.25, 0.3) is 5.65 Å². The molecule has 0 aliphatic carbocycles. The van der Waals surface area contributed by atoms with Crippen molar-refractivity contribution in [2.45, 2.75) is 0 Å². The first-order chi connectivity index (χ1) is 5.27. The Bertz CT molecular complexity index is 398. The number of halogens is 2. The number of rotatable bonds is 0. The number of fused-ring (bicyclic) bond motifs is 1. The summed E-state index contributed by atoms with van der Waals surface area (Å²) in [6.45, 7) is 0. The number of hydrogen-bond donors (Lipinski definition) is 0. The van der Waals surface area contributed by atoms with Gasteiger partial charge in [0.15, 0.2) is 5.65 Å².